The zero-order valence-corrected chi connectivity index (χ0v) is 16.3. The van der Waals surface area contributed by atoms with E-state index in [-0.39, 0.29) is 11.8 Å². The molecule has 2 aromatic carbocycles. The van der Waals surface area contributed by atoms with Gasteiger partial charge in [-0.25, -0.2) is 0 Å². The zero-order chi connectivity index (χ0) is 19.6. The normalized spacial score (nSPS) is 10.5. The number of amides is 2. The van der Waals surface area contributed by atoms with Crippen molar-refractivity contribution < 1.29 is 14.3 Å². The summed E-state index contributed by atoms with van der Waals surface area (Å²) in [6.45, 7) is 4.85. The smallest absolute Gasteiger partial charge is 0.226 e. The standard InChI is InChI=1S/C22H28N2O3/c1-17(2)16-27-20-14-12-18(13-15-20)23-21(25)10-7-11-22(26)24(3)19-8-5-4-6-9-19/h4-6,8-9,12-15,17H,7,10-11,16H2,1-3H3,(H,23,25). The summed E-state index contributed by atoms with van der Waals surface area (Å²) >= 11 is 0. The number of para-hydroxylation sites is 1. The van der Waals surface area contributed by atoms with Crippen molar-refractivity contribution in [2.45, 2.75) is 33.1 Å². The van der Waals surface area contributed by atoms with Gasteiger partial charge in [0, 0.05) is 31.3 Å². The fourth-order valence-corrected chi connectivity index (χ4v) is 2.48. The maximum absolute atomic E-state index is 12.2. The van der Waals surface area contributed by atoms with E-state index in [2.05, 4.69) is 19.2 Å². The van der Waals surface area contributed by atoms with Gasteiger partial charge < -0.3 is 15.0 Å². The molecule has 0 aliphatic heterocycles. The number of hydrogen-bond donors (Lipinski definition) is 1. The third kappa shape index (κ3) is 7.13. The van der Waals surface area contributed by atoms with Crippen LogP contribution in [0.2, 0.25) is 0 Å². The Morgan fingerprint density at radius 2 is 1.67 bits per heavy atom. The van der Waals surface area contributed by atoms with Crippen LogP contribution in [0.3, 0.4) is 0 Å². The van der Waals surface area contributed by atoms with E-state index in [4.69, 9.17) is 4.74 Å². The van der Waals surface area contributed by atoms with Crippen LogP contribution in [0.15, 0.2) is 54.6 Å². The van der Waals surface area contributed by atoms with E-state index in [1.807, 2.05) is 54.6 Å². The number of anilines is 2. The van der Waals surface area contributed by atoms with Gasteiger partial charge in [0.1, 0.15) is 5.75 Å². The van der Waals surface area contributed by atoms with Crippen molar-refractivity contribution in [3.8, 4) is 5.75 Å². The molecule has 0 fully saturated rings. The molecule has 0 saturated heterocycles. The van der Waals surface area contributed by atoms with E-state index in [1.165, 1.54) is 0 Å². The minimum atomic E-state index is -0.0963. The lowest BCUT2D eigenvalue weighted by Crippen LogP contribution is -2.26. The fourth-order valence-electron chi connectivity index (χ4n) is 2.48. The lowest BCUT2D eigenvalue weighted by molar-refractivity contribution is -0.118. The van der Waals surface area contributed by atoms with E-state index >= 15 is 0 Å². The van der Waals surface area contributed by atoms with Crippen LogP contribution in [0.5, 0.6) is 5.75 Å². The Morgan fingerprint density at radius 3 is 2.30 bits per heavy atom. The minimum Gasteiger partial charge on any atom is -0.493 e. The number of carbonyl (C=O) groups excluding carboxylic acids is 2. The first-order valence-corrected chi connectivity index (χ1v) is 9.30. The number of rotatable bonds is 9. The summed E-state index contributed by atoms with van der Waals surface area (Å²) in [4.78, 5) is 25.9. The maximum Gasteiger partial charge on any atom is 0.226 e. The van der Waals surface area contributed by atoms with E-state index < -0.39 is 0 Å². The van der Waals surface area contributed by atoms with Gasteiger partial charge in [-0.1, -0.05) is 32.0 Å². The van der Waals surface area contributed by atoms with Crippen LogP contribution in [-0.2, 0) is 9.59 Å². The third-order valence-electron chi connectivity index (χ3n) is 4.03. The molecule has 5 heteroatoms. The van der Waals surface area contributed by atoms with Crippen molar-refractivity contribution >= 4 is 23.2 Å². The number of hydrogen-bond acceptors (Lipinski definition) is 3. The van der Waals surface area contributed by atoms with Crippen LogP contribution in [0, 0.1) is 5.92 Å². The van der Waals surface area contributed by atoms with Gasteiger partial charge in [-0.3, -0.25) is 9.59 Å². The average Bonchev–Trinajstić information content (AvgIpc) is 2.67. The van der Waals surface area contributed by atoms with Crippen molar-refractivity contribution in [1.29, 1.82) is 0 Å². The highest BCUT2D eigenvalue weighted by molar-refractivity contribution is 5.94. The molecule has 0 saturated carbocycles. The Hall–Kier alpha value is -2.82. The van der Waals surface area contributed by atoms with Crippen molar-refractivity contribution in [3.63, 3.8) is 0 Å². The van der Waals surface area contributed by atoms with Crippen molar-refractivity contribution in [3.05, 3.63) is 54.6 Å². The van der Waals surface area contributed by atoms with Crippen LogP contribution < -0.4 is 15.0 Å². The number of ether oxygens (including phenoxy) is 1. The lowest BCUT2D eigenvalue weighted by Gasteiger charge is -2.17. The summed E-state index contributed by atoms with van der Waals surface area (Å²) in [6.07, 6.45) is 1.15. The van der Waals surface area contributed by atoms with Crippen LogP contribution in [-0.4, -0.2) is 25.5 Å². The molecule has 0 unspecified atom stereocenters. The molecule has 2 amide bonds. The molecule has 144 valence electrons. The van der Waals surface area contributed by atoms with E-state index in [9.17, 15) is 9.59 Å². The van der Waals surface area contributed by atoms with Crippen LogP contribution in [0.25, 0.3) is 0 Å². The first kappa shape index (κ1) is 20.5. The Balaban J connectivity index is 1.72. The third-order valence-corrected chi connectivity index (χ3v) is 4.03. The Kier molecular flexibility index (Phi) is 7.86. The van der Waals surface area contributed by atoms with Gasteiger partial charge in [-0.15, -0.1) is 0 Å². The molecule has 0 aromatic heterocycles. The minimum absolute atomic E-state index is 0.000606. The highest BCUT2D eigenvalue weighted by atomic mass is 16.5. The average molecular weight is 368 g/mol. The monoisotopic (exact) mass is 368 g/mol. The summed E-state index contributed by atoms with van der Waals surface area (Å²) in [6, 6.07) is 16.8. The number of carbonyl (C=O) groups is 2. The maximum atomic E-state index is 12.2. The molecule has 0 bridgehead atoms. The molecule has 0 heterocycles. The summed E-state index contributed by atoms with van der Waals surface area (Å²) in [5.41, 5.74) is 1.58. The quantitative estimate of drug-likeness (QED) is 0.709. The Labute approximate surface area is 161 Å². The van der Waals surface area contributed by atoms with Crippen LogP contribution in [0.4, 0.5) is 11.4 Å². The molecule has 2 rings (SSSR count). The van der Waals surface area contributed by atoms with Gasteiger partial charge in [0.25, 0.3) is 0 Å². The van der Waals surface area contributed by atoms with Crippen molar-refractivity contribution in [2.75, 3.05) is 23.9 Å². The molecular weight excluding hydrogens is 340 g/mol. The fraction of sp³-hybridized carbons (Fsp3) is 0.364. The SMILES string of the molecule is CC(C)COc1ccc(NC(=O)CCCC(=O)N(C)c2ccccc2)cc1. The van der Waals surface area contributed by atoms with Crippen molar-refractivity contribution in [1.82, 2.24) is 0 Å². The van der Waals surface area contributed by atoms with E-state index in [1.54, 1.807) is 11.9 Å². The van der Waals surface area contributed by atoms with Gasteiger partial charge in [-0.05, 0) is 48.7 Å². The highest BCUT2D eigenvalue weighted by Crippen LogP contribution is 2.17. The largest absolute Gasteiger partial charge is 0.493 e. The molecule has 0 radical (unpaired) electrons. The lowest BCUT2D eigenvalue weighted by atomic mass is 10.2. The van der Waals surface area contributed by atoms with Gasteiger partial charge >= 0.3 is 0 Å². The Bertz CT molecular complexity index is 727. The molecule has 0 aliphatic carbocycles. The molecule has 0 atom stereocenters. The number of nitrogens with one attached hydrogen (secondary N) is 1. The molecule has 0 aliphatic rings. The highest BCUT2D eigenvalue weighted by Gasteiger charge is 2.11. The van der Waals surface area contributed by atoms with Gasteiger partial charge in [0.2, 0.25) is 11.8 Å². The molecular formula is C22H28N2O3. The molecule has 1 N–H and O–H groups in total. The first-order chi connectivity index (χ1) is 13.0. The molecule has 2 aromatic rings. The summed E-state index contributed by atoms with van der Waals surface area (Å²) in [5, 5.41) is 2.85. The molecule has 27 heavy (non-hydrogen) atoms. The number of nitrogens with zero attached hydrogens (tertiary/aromatic N) is 1. The van der Waals surface area contributed by atoms with Gasteiger partial charge in [0.15, 0.2) is 0 Å². The van der Waals surface area contributed by atoms with Crippen molar-refractivity contribution in [2.24, 2.45) is 5.92 Å². The van der Waals surface area contributed by atoms with Crippen LogP contribution >= 0.6 is 0 Å². The summed E-state index contributed by atoms with van der Waals surface area (Å²) < 4.78 is 5.62. The molecule has 5 nitrogen and oxygen atoms in total. The van der Waals surface area contributed by atoms with E-state index in [0.717, 1.165) is 17.1 Å². The summed E-state index contributed by atoms with van der Waals surface area (Å²) in [5.74, 6) is 1.16. The second-order valence-corrected chi connectivity index (χ2v) is 6.92. The van der Waals surface area contributed by atoms with E-state index in [0.29, 0.717) is 31.8 Å². The van der Waals surface area contributed by atoms with Gasteiger partial charge in [-0.2, -0.15) is 0 Å². The summed E-state index contributed by atoms with van der Waals surface area (Å²) in [7, 11) is 1.75. The Morgan fingerprint density at radius 1 is 1.00 bits per heavy atom. The topological polar surface area (TPSA) is 58.6 Å². The van der Waals surface area contributed by atoms with Crippen LogP contribution in [0.1, 0.15) is 33.1 Å². The molecule has 0 spiro atoms. The first-order valence-electron chi connectivity index (χ1n) is 9.30. The second kappa shape index (κ2) is 10.4. The second-order valence-electron chi connectivity index (χ2n) is 6.92. The predicted octanol–water partition coefficient (Wildman–Crippen LogP) is 4.49. The number of benzene rings is 2. The zero-order valence-electron chi connectivity index (χ0n) is 16.3. The van der Waals surface area contributed by atoms with Gasteiger partial charge in [0.05, 0.1) is 6.61 Å². The predicted molar refractivity (Wildman–Crippen MR) is 109 cm³/mol.